The molecule has 36 heavy (non-hydrogen) atoms. The van der Waals surface area contributed by atoms with Crippen LogP contribution in [0, 0.1) is 0 Å². The zero-order valence-corrected chi connectivity index (χ0v) is 21.8. The van der Waals surface area contributed by atoms with Gasteiger partial charge < -0.3 is 15.4 Å². The molecule has 1 amide bonds. The summed E-state index contributed by atoms with van der Waals surface area (Å²) in [4.78, 5) is 15.2. The maximum atomic E-state index is 14.0. The minimum absolute atomic E-state index is 0.00457. The Bertz CT molecular complexity index is 1170. The molecule has 2 N–H and O–H groups in total. The fourth-order valence-corrected chi connectivity index (χ4v) is 5.96. The Morgan fingerprint density at radius 2 is 2.00 bits per heavy atom. The third-order valence-corrected chi connectivity index (χ3v) is 8.26. The van der Waals surface area contributed by atoms with Crippen LogP contribution in [-0.2, 0) is 34.8 Å². The molecule has 2 heterocycles. The van der Waals surface area contributed by atoms with Crippen molar-refractivity contribution in [2.75, 3.05) is 38.5 Å². The number of benzene rings is 2. The molecule has 0 bridgehead atoms. The van der Waals surface area contributed by atoms with Crippen LogP contribution >= 0.6 is 23.2 Å². The van der Waals surface area contributed by atoms with E-state index < -0.39 is 28.4 Å². The van der Waals surface area contributed by atoms with Crippen LogP contribution < -0.4 is 10.6 Å². The van der Waals surface area contributed by atoms with Gasteiger partial charge >= 0.3 is 6.18 Å². The van der Waals surface area contributed by atoms with E-state index in [1.807, 2.05) is 4.90 Å². The Balaban J connectivity index is 1.51. The van der Waals surface area contributed by atoms with Crippen LogP contribution in [0.3, 0.4) is 0 Å². The van der Waals surface area contributed by atoms with Crippen LogP contribution in [0.25, 0.3) is 0 Å². The van der Waals surface area contributed by atoms with E-state index in [0.717, 1.165) is 12.6 Å². The number of likely N-dealkylation sites (tertiary alicyclic amines) is 1. The molecule has 1 spiro atoms. The van der Waals surface area contributed by atoms with Crippen molar-refractivity contribution in [1.82, 2.24) is 15.5 Å². The monoisotopic (exact) mass is 563 g/mol. The number of carbonyl (C=O) groups is 1. The number of alkyl halides is 3. The molecule has 4 rings (SSSR count). The largest absolute Gasteiger partial charge is 0.416 e. The van der Waals surface area contributed by atoms with Crippen molar-refractivity contribution < 1.29 is 26.9 Å². The fourth-order valence-electron chi connectivity index (χ4n) is 4.54. The molecule has 12 heteroatoms. The SMILES string of the molecule is CCS(=O)c1ccc(Cl)cc1CNC(=O)c1cc(Cl)c(CN2CC3(CNCCO3)C2)c(C(F)(F)F)c1. The lowest BCUT2D eigenvalue weighted by molar-refractivity contribution is -0.160. The Morgan fingerprint density at radius 3 is 2.64 bits per heavy atom. The predicted molar refractivity (Wildman–Crippen MR) is 133 cm³/mol. The molecular weight excluding hydrogens is 538 g/mol. The van der Waals surface area contributed by atoms with Gasteiger partial charge in [-0.05, 0) is 41.5 Å². The predicted octanol–water partition coefficient (Wildman–Crippen LogP) is 4.24. The van der Waals surface area contributed by atoms with Gasteiger partial charge in [0.1, 0.15) is 5.60 Å². The second-order valence-corrected chi connectivity index (χ2v) is 11.5. The van der Waals surface area contributed by atoms with Crippen molar-refractivity contribution in [2.24, 2.45) is 0 Å². The van der Waals surface area contributed by atoms with Gasteiger partial charge in [0.15, 0.2) is 0 Å². The first-order valence-corrected chi connectivity index (χ1v) is 13.5. The van der Waals surface area contributed by atoms with E-state index in [9.17, 15) is 22.2 Å². The van der Waals surface area contributed by atoms with Crippen LogP contribution in [0.1, 0.15) is 34.0 Å². The highest BCUT2D eigenvalue weighted by Gasteiger charge is 2.46. The summed E-state index contributed by atoms with van der Waals surface area (Å²) in [5, 5.41) is 6.10. The van der Waals surface area contributed by atoms with E-state index in [0.29, 0.717) is 47.5 Å². The lowest BCUT2D eigenvalue weighted by Gasteiger charge is -2.52. The van der Waals surface area contributed by atoms with Gasteiger partial charge in [0.05, 0.1) is 23.0 Å². The topological polar surface area (TPSA) is 70.7 Å². The number of morpholine rings is 1. The lowest BCUT2D eigenvalue weighted by Crippen LogP contribution is -2.69. The average molecular weight is 564 g/mol. The van der Waals surface area contributed by atoms with Gasteiger partial charge in [-0.25, -0.2) is 0 Å². The second kappa shape index (κ2) is 11.0. The van der Waals surface area contributed by atoms with Crippen molar-refractivity contribution in [3.8, 4) is 0 Å². The normalized spacial score (nSPS) is 18.6. The number of hydrogen-bond donors (Lipinski definition) is 2. The van der Waals surface area contributed by atoms with Gasteiger partial charge in [-0.3, -0.25) is 13.9 Å². The van der Waals surface area contributed by atoms with Crippen molar-refractivity contribution in [2.45, 2.75) is 36.7 Å². The first-order valence-electron chi connectivity index (χ1n) is 11.4. The van der Waals surface area contributed by atoms with Crippen LogP contribution in [-0.4, -0.2) is 59.2 Å². The van der Waals surface area contributed by atoms with Gasteiger partial charge in [0, 0.05) is 65.5 Å². The number of hydrogen-bond acceptors (Lipinski definition) is 5. The Morgan fingerprint density at radius 1 is 1.25 bits per heavy atom. The van der Waals surface area contributed by atoms with Crippen molar-refractivity contribution >= 4 is 39.9 Å². The standard InChI is InChI=1S/C24H26Cl2F3N3O3S/c1-2-36(34)21-4-3-17(25)7-16(21)10-31-22(33)15-8-19(24(27,28)29)18(20(26)9-15)11-32-13-23(14-32)12-30-5-6-35-23/h3-4,7-9,30H,2,5-6,10-14H2,1H3,(H,31,33). The highest BCUT2D eigenvalue weighted by atomic mass is 35.5. The van der Waals surface area contributed by atoms with E-state index in [2.05, 4.69) is 10.6 Å². The van der Waals surface area contributed by atoms with E-state index in [4.69, 9.17) is 27.9 Å². The highest BCUT2D eigenvalue weighted by molar-refractivity contribution is 7.85. The van der Waals surface area contributed by atoms with Gasteiger partial charge in [-0.15, -0.1) is 0 Å². The summed E-state index contributed by atoms with van der Waals surface area (Å²) < 4.78 is 60.0. The van der Waals surface area contributed by atoms with Crippen molar-refractivity contribution in [1.29, 1.82) is 0 Å². The molecule has 6 nitrogen and oxygen atoms in total. The summed E-state index contributed by atoms with van der Waals surface area (Å²) in [5.74, 6) is -0.359. The third-order valence-electron chi connectivity index (χ3n) is 6.27. The maximum Gasteiger partial charge on any atom is 0.416 e. The molecule has 2 aliphatic rings. The van der Waals surface area contributed by atoms with Crippen LogP contribution in [0.15, 0.2) is 35.2 Å². The molecular formula is C24H26Cl2F3N3O3S. The molecule has 2 aliphatic heterocycles. The number of ether oxygens (including phenoxy) is 1. The molecule has 1 unspecified atom stereocenters. The van der Waals surface area contributed by atoms with Gasteiger partial charge in [-0.1, -0.05) is 30.1 Å². The molecule has 1 atom stereocenters. The van der Waals surface area contributed by atoms with Crippen molar-refractivity contribution in [3.63, 3.8) is 0 Å². The smallest absolute Gasteiger partial charge is 0.370 e. The Hall–Kier alpha value is -1.69. The number of carbonyl (C=O) groups excluding carboxylic acids is 1. The van der Waals surface area contributed by atoms with E-state index in [1.54, 1.807) is 25.1 Å². The second-order valence-electron chi connectivity index (χ2n) is 8.90. The minimum atomic E-state index is -4.70. The number of amides is 1. The van der Waals surface area contributed by atoms with Crippen LogP contribution in [0.2, 0.25) is 10.0 Å². The minimum Gasteiger partial charge on any atom is -0.370 e. The van der Waals surface area contributed by atoms with E-state index in [-0.39, 0.29) is 34.8 Å². The van der Waals surface area contributed by atoms with Gasteiger partial charge in [0.2, 0.25) is 0 Å². The zero-order valence-electron chi connectivity index (χ0n) is 19.5. The van der Waals surface area contributed by atoms with Gasteiger partial charge in [0.25, 0.3) is 5.91 Å². The van der Waals surface area contributed by atoms with Crippen LogP contribution in [0.4, 0.5) is 13.2 Å². The first kappa shape index (κ1) is 27.3. The summed E-state index contributed by atoms with van der Waals surface area (Å²) in [6.07, 6.45) is -4.70. The molecule has 0 aromatic heterocycles. The van der Waals surface area contributed by atoms with Gasteiger partial charge in [-0.2, -0.15) is 13.2 Å². The number of nitrogens with one attached hydrogen (secondary N) is 2. The molecule has 2 saturated heterocycles. The number of halogens is 5. The summed E-state index contributed by atoms with van der Waals surface area (Å²) in [5.41, 5.74) is -1.07. The molecule has 2 fully saturated rings. The highest BCUT2D eigenvalue weighted by Crippen LogP contribution is 2.38. The van der Waals surface area contributed by atoms with E-state index >= 15 is 0 Å². The quantitative estimate of drug-likeness (QED) is 0.527. The van der Waals surface area contributed by atoms with Crippen LogP contribution in [0.5, 0.6) is 0 Å². The average Bonchev–Trinajstić information content (AvgIpc) is 2.82. The summed E-state index contributed by atoms with van der Waals surface area (Å²) in [6.45, 7) is 4.67. The summed E-state index contributed by atoms with van der Waals surface area (Å²) >= 11 is 12.3. The molecule has 0 radical (unpaired) electrons. The number of rotatable bonds is 7. The molecule has 2 aromatic carbocycles. The Kier molecular flexibility index (Phi) is 8.33. The van der Waals surface area contributed by atoms with Crippen molar-refractivity contribution in [3.05, 3.63) is 62.6 Å². The fraction of sp³-hybridized carbons (Fsp3) is 0.458. The lowest BCUT2D eigenvalue weighted by atomic mass is 9.91. The first-order chi connectivity index (χ1) is 17.0. The summed E-state index contributed by atoms with van der Waals surface area (Å²) in [6, 6.07) is 6.87. The summed E-state index contributed by atoms with van der Waals surface area (Å²) in [7, 11) is -1.29. The molecule has 0 aliphatic carbocycles. The molecule has 196 valence electrons. The molecule has 2 aromatic rings. The third kappa shape index (κ3) is 6.06. The zero-order chi connectivity index (χ0) is 26.1. The number of nitrogens with zero attached hydrogens (tertiary/aromatic N) is 1. The Labute approximate surface area is 219 Å². The molecule has 0 saturated carbocycles. The maximum absolute atomic E-state index is 14.0. The van der Waals surface area contributed by atoms with E-state index in [1.165, 1.54) is 6.07 Å².